The summed E-state index contributed by atoms with van der Waals surface area (Å²) in [6, 6.07) is 22.3. The number of anilines is 1. The fraction of sp³-hybridized carbons (Fsp3) is 0.286. The van der Waals surface area contributed by atoms with Crippen molar-refractivity contribution in [2.45, 2.75) is 38.9 Å². The molecule has 1 atom stereocenters. The Morgan fingerprint density at radius 3 is 2.08 bits per heavy atom. The zero-order chi connectivity index (χ0) is 27.9. The summed E-state index contributed by atoms with van der Waals surface area (Å²) in [5.41, 5.74) is 2.01. The quantitative estimate of drug-likeness (QED) is 0.296. The van der Waals surface area contributed by atoms with Gasteiger partial charge in [-0.25, -0.2) is 8.42 Å². The van der Waals surface area contributed by atoms with Crippen molar-refractivity contribution in [2.75, 3.05) is 17.1 Å². The van der Waals surface area contributed by atoms with E-state index in [2.05, 4.69) is 27.9 Å². The molecule has 38 heavy (non-hydrogen) atoms. The van der Waals surface area contributed by atoms with Crippen LogP contribution in [0.5, 0.6) is 0 Å². The summed E-state index contributed by atoms with van der Waals surface area (Å²) in [6.45, 7) is 3.35. The van der Waals surface area contributed by atoms with Gasteiger partial charge < -0.3 is 10.2 Å². The Balaban J connectivity index is 2.04. The van der Waals surface area contributed by atoms with Crippen LogP contribution < -0.4 is 9.62 Å². The minimum atomic E-state index is -3.80. The fourth-order valence-corrected chi connectivity index (χ4v) is 5.28. The number of benzene rings is 3. The second kappa shape index (κ2) is 13.4. The minimum absolute atomic E-state index is 0.101. The van der Waals surface area contributed by atoms with E-state index in [0.29, 0.717) is 10.7 Å². The summed E-state index contributed by atoms with van der Waals surface area (Å²) in [7, 11) is -3.80. The topological polar surface area (TPSA) is 86.8 Å². The fourth-order valence-electron chi connectivity index (χ4n) is 3.94. The van der Waals surface area contributed by atoms with Crippen LogP contribution in [0.4, 0.5) is 5.69 Å². The predicted molar refractivity (Wildman–Crippen MR) is 161 cm³/mol. The third-order valence-electron chi connectivity index (χ3n) is 5.76. The highest BCUT2D eigenvalue weighted by Crippen LogP contribution is 2.22. The molecule has 0 fully saturated rings. The Morgan fingerprint density at radius 1 is 0.921 bits per heavy atom. The molecule has 0 bridgehead atoms. The molecule has 0 saturated carbocycles. The van der Waals surface area contributed by atoms with Gasteiger partial charge in [-0.15, -0.1) is 0 Å². The van der Waals surface area contributed by atoms with E-state index in [1.165, 1.54) is 4.90 Å². The standard InChI is InChI=1S/C28H31ClIN3O4S/c1-20(2)31-28(35)26(17-21-7-5-4-6-8-21)32(18-22-9-11-23(29)12-10-22)27(34)19-33(38(3,36)37)25-15-13-24(30)14-16-25/h4-16,20,26H,17-19H2,1-3H3,(H,31,35). The first-order valence-corrected chi connectivity index (χ1v) is 15.4. The maximum Gasteiger partial charge on any atom is 0.244 e. The number of nitrogens with zero attached hydrogens (tertiary/aromatic N) is 2. The summed E-state index contributed by atoms with van der Waals surface area (Å²) in [5, 5.41) is 3.48. The van der Waals surface area contributed by atoms with Crippen LogP contribution in [-0.2, 0) is 32.6 Å². The Morgan fingerprint density at radius 2 is 1.53 bits per heavy atom. The number of carbonyl (C=O) groups excluding carboxylic acids is 2. The average molecular weight is 668 g/mol. The van der Waals surface area contributed by atoms with Crippen LogP contribution in [0.2, 0.25) is 5.02 Å². The Kier molecular flexibility index (Phi) is 10.6. The number of sulfonamides is 1. The highest BCUT2D eigenvalue weighted by atomic mass is 127. The number of hydrogen-bond acceptors (Lipinski definition) is 4. The summed E-state index contributed by atoms with van der Waals surface area (Å²) in [6.07, 6.45) is 1.33. The van der Waals surface area contributed by atoms with Gasteiger partial charge in [0.25, 0.3) is 0 Å². The SMILES string of the molecule is CC(C)NC(=O)C(Cc1ccccc1)N(Cc1ccc(Cl)cc1)C(=O)CN(c1ccc(I)cc1)S(C)(=O)=O. The van der Waals surface area contributed by atoms with E-state index < -0.39 is 28.5 Å². The van der Waals surface area contributed by atoms with Crippen molar-refractivity contribution in [3.63, 3.8) is 0 Å². The van der Waals surface area contributed by atoms with Crippen LogP contribution in [0.25, 0.3) is 0 Å². The molecule has 1 unspecified atom stereocenters. The van der Waals surface area contributed by atoms with E-state index in [-0.39, 0.29) is 24.9 Å². The van der Waals surface area contributed by atoms with E-state index in [9.17, 15) is 18.0 Å². The van der Waals surface area contributed by atoms with E-state index in [4.69, 9.17) is 11.6 Å². The second-order valence-corrected chi connectivity index (χ2v) is 12.9. The molecular formula is C28H31ClIN3O4S. The number of nitrogens with one attached hydrogen (secondary N) is 1. The molecule has 0 heterocycles. The highest BCUT2D eigenvalue weighted by Gasteiger charge is 2.33. The van der Waals surface area contributed by atoms with Gasteiger partial charge in [0.2, 0.25) is 21.8 Å². The molecule has 3 rings (SSSR count). The lowest BCUT2D eigenvalue weighted by atomic mass is 10.0. The first kappa shape index (κ1) is 29.9. The number of hydrogen-bond donors (Lipinski definition) is 1. The summed E-state index contributed by atoms with van der Waals surface area (Å²) < 4.78 is 27.5. The first-order valence-electron chi connectivity index (χ1n) is 12.1. The maximum absolute atomic E-state index is 13.9. The van der Waals surface area contributed by atoms with Crippen molar-refractivity contribution in [1.29, 1.82) is 0 Å². The second-order valence-electron chi connectivity index (χ2n) is 9.26. The number of halogens is 2. The van der Waals surface area contributed by atoms with Gasteiger partial charge in [-0.2, -0.15) is 0 Å². The van der Waals surface area contributed by atoms with E-state index in [1.54, 1.807) is 48.5 Å². The zero-order valence-corrected chi connectivity index (χ0v) is 25.2. The summed E-state index contributed by atoms with van der Waals surface area (Å²) in [5.74, 6) is -0.810. The molecule has 0 aliphatic carbocycles. The lowest BCUT2D eigenvalue weighted by Crippen LogP contribution is -2.54. The zero-order valence-electron chi connectivity index (χ0n) is 21.5. The van der Waals surface area contributed by atoms with Crippen molar-refractivity contribution in [2.24, 2.45) is 0 Å². The van der Waals surface area contributed by atoms with E-state index >= 15 is 0 Å². The van der Waals surface area contributed by atoms with Gasteiger partial charge in [-0.1, -0.05) is 54.1 Å². The smallest absolute Gasteiger partial charge is 0.244 e. The van der Waals surface area contributed by atoms with Crippen molar-refractivity contribution in [3.8, 4) is 0 Å². The number of amides is 2. The van der Waals surface area contributed by atoms with Crippen molar-refractivity contribution < 1.29 is 18.0 Å². The van der Waals surface area contributed by atoms with Gasteiger partial charge in [0.05, 0.1) is 11.9 Å². The molecule has 0 aromatic heterocycles. The molecular weight excluding hydrogens is 637 g/mol. The van der Waals surface area contributed by atoms with Crippen LogP contribution in [0.1, 0.15) is 25.0 Å². The van der Waals surface area contributed by atoms with Crippen molar-refractivity contribution >= 4 is 61.7 Å². The van der Waals surface area contributed by atoms with E-state index in [0.717, 1.165) is 25.3 Å². The Labute approximate surface area is 243 Å². The number of carbonyl (C=O) groups is 2. The molecule has 0 spiro atoms. The van der Waals surface area contributed by atoms with Crippen LogP contribution in [0.15, 0.2) is 78.9 Å². The molecule has 3 aromatic carbocycles. The Hall–Kier alpha value is -2.63. The van der Waals surface area contributed by atoms with E-state index in [1.807, 2.05) is 44.2 Å². The van der Waals surface area contributed by atoms with Gasteiger partial charge in [0.15, 0.2) is 0 Å². The first-order chi connectivity index (χ1) is 17.9. The molecule has 0 radical (unpaired) electrons. The third kappa shape index (κ3) is 8.71. The number of rotatable bonds is 11. The molecule has 0 aliphatic rings. The Bertz CT molecular complexity index is 1330. The third-order valence-corrected chi connectivity index (χ3v) is 7.87. The van der Waals surface area contributed by atoms with Crippen LogP contribution >= 0.6 is 34.2 Å². The summed E-state index contributed by atoms with van der Waals surface area (Å²) >= 11 is 8.20. The molecule has 10 heteroatoms. The predicted octanol–water partition coefficient (Wildman–Crippen LogP) is 4.88. The molecule has 2 amide bonds. The van der Waals surface area contributed by atoms with Crippen LogP contribution in [0, 0.1) is 3.57 Å². The largest absolute Gasteiger partial charge is 0.352 e. The van der Waals surface area contributed by atoms with Gasteiger partial charge >= 0.3 is 0 Å². The molecule has 0 aliphatic heterocycles. The van der Waals surface area contributed by atoms with Crippen LogP contribution in [-0.4, -0.2) is 50.0 Å². The minimum Gasteiger partial charge on any atom is -0.352 e. The van der Waals surface area contributed by atoms with Gasteiger partial charge in [-0.3, -0.25) is 13.9 Å². The van der Waals surface area contributed by atoms with Crippen molar-refractivity contribution in [1.82, 2.24) is 10.2 Å². The molecule has 202 valence electrons. The average Bonchev–Trinajstić information content (AvgIpc) is 2.86. The van der Waals surface area contributed by atoms with Gasteiger partial charge in [0.1, 0.15) is 12.6 Å². The van der Waals surface area contributed by atoms with Crippen LogP contribution in [0.3, 0.4) is 0 Å². The lowest BCUT2D eigenvalue weighted by Gasteiger charge is -2.34. The normalized spacial score (nSPS) is 12.2. The lowest BCUT2D eigenvalue weighted by molar-refractivity contribution is -0.140. The molecule has 3 aromatic rings. The maximum atomic E-state index is 13.9. The monoisotopic (exact) mass is 667 g/mol. The van der Waals surface area contributed by atoms with Gasteiger partial charge in [0, 0.05) is 27.6 Å². The summed E-state index contributed by atoms with van der Waals surface area (Å²) in [4.78, 5) is 28.9. The van der Waals surface area contributed by atoms with Crippen molar-refractivity contribution in [3.05, 3.63) is 98.6 Å². The highest BCUT2D eigenvalue weighted by molar-refractivity contribution is 14.1. The molecule has 1 N–H and O–H groups in total. The molecule has 0 saturated heterocycles. The van der Waals surface area contributed by atoms with Gasteiger partial charge in [-0.05, 0) is 84.0 Å². The molecule has 7 nitrogen and oxygen atoms in total.